The fourth-order valence-electron chi connectivity index (χ4n) is 3.10. The van der Waals surface area contributed by atoms with Crippen LogP contribution in [0.2, 0.25) is 10.0 Å². The molecule has 23 heavy (non-hydrogen) atoms. The smallest absolute Gasteiger partial charge is 0.123 e. The third-order valence-electron chi connectivity index (χ3n) is 4.16. The van der Waals surface area contributed by atoms with Crippen LogP contribution in [0.25, 0.3) is 0 Å². The summed E-state index contributed by atoms with van der Waals surface area (Å²) < 4.78 is 13.8. The predicted molar refractivity (Wildman–Crippen MR) is 93.8 cm³/mol. The molecule has 0 aliphatic carbocycles. The second-order valence-electron chi connectivity index (χ2n) is 5.77. The van der Waals surface area contributed by atoms with Crippen LogP contribution in [0, 0.1) is 5.82 Å². The lowest BCUT2D eigenvalue weighted by Crippen LogP contribution is -2.33. The first-order chi connectivity index (χ1) is 11.1. The Hall–Kier alpha value is -1.13. The van der Waals surface area contributed by atoms with E-state index in [9.17, 15) is 4.39 Å². The lowest BCUT2D eigenvalue weighted by Gasteiger charge is -2.31. The monoisotopic (exact) mass is 352 g/mol. The van der Waals surface area contributed by atoms with Gasteiger partial charge in [-0.05, 0) is 48.4 Å². The average Bonchev–Trinajstić information content (AvgIpc) is 2.80. The minimum atomic E-state index is -0.222. The molecule has 0 saturated carbocycles. The van der Waals surface area contributed by atoms with Crippen LogP contribution in [-0.4, -0.2) is 31.1 Å². The second kappa shape index (κ2) is 7.63. The van der Waals surface area contributed by atoms with Crippen LogP contribution < -0.4 is 5.32 Å². The third-order valence-corrected chi connectivity index (χ3v) is 4.90. The lowest BCUT2D eigenvalue weighted by molar-refractivity contribution is 0.240. The minimum absolute atomic E-state index is 0.0274. The van der Waals surface area contributed by atoms with Gasteiger partial charge in [0, 0.05) is 19.6 Å². The molecule has 5 heteroatoms. The summed E-state index contributed by atoms with van der Waals surface area (Å²) in [6.07, 6.45) is 1.06. The Balaban J connectivity index is 2.03. The van der Waals surface area contributed by atoms with Crippen molar-refractivity contribution in [1.82, 2.24) is 10.2 Å². The number of nitrogens with zero attached hydrogens (tertiary/aromatic N) is 1. The van der Waals surface area contributed by atoms with E-state index in [0.29, 0.717) is 10.0 Å². The van der Waals surface area contributed by atoms with E-state index in [-0.39, 0.29) is 11.9 Å². The molecular formula is C18H19Cl2FN2. The molecule has 1 fully saturated rings. The zero-order valence-corrected chi connectivity index (χ0v) is 14.2. The van der Waals surface area contributed by atoms with Crippen molar-refractivity contribution in [1.29, 1.82) is 0 Å². The maximum Gasteiger partial charge on any atom is 0.123 e. The highest BCUT2D eigenvalue weighted by atomic mass is 35.5. The molecule has 1 N–H and O–H groups in total. The van der Waals surface area contributed by atoms with E-state index in [0.717, 1.165) is 43.7 Å². The molecule has 1 aliphatic heterocycles. The van der Waals surface area contributed by atoms with Gasteiger partial charge in [-0.25, -0.2) is 4.39 Å². The van der Waals surface area contributed by atoms with Gasteiger partial charge < -0.3 is 5.32 Å². The SMILES string of the molecule is Fc1cccc(C(c2ccc(Cl)c(Cl)c2)N2CCCNCC2)c1. The molecule has 1 unspecified atom stereocenters. The highest BCUT2D eigenvalue weighted by Crippen LogP contribution is 2.33. The van der Waals surface area contributed by atoms with E-state index < -0.39 is 0 Å². The maximum absolute atomic E-state index is 13.8. The summed E-state index contributed by atoms with van der Waals surface area (Å²) in [7, 11) is 0. The summed E-state index contributed by atoms with van der Waals surface area (Å²) in [6, 6.07) is 12.4. The van der Waals surface area contributed by atoms with Crippen LogP contribution in [0.1, 0.15) is 23.6 Å². The molecule has 2 aromatic rings. The van der Waals surface area contributed by atoms with Gasteiger partial charge >= 0.3 is 0 Å². The molecule has 1 aliphatic rings. The largest absolute Gasteiger partial charge is 0.315 e. The molecule has 1 saturated heterocycles. The van der Waals surface area contributed by atoms with Gasteiger partial charge in [-0.2, -0.15) is 0 Å². The van der Waals surface area contributed by atoms with Gasteiger partial charge in [0.15, 0.2) is 0 Å². The van der Waals surface area contributed by atoms with Crippen molar-refractivity contribution < 1.29 is 4.39 Å². The standard InChI is InChI=1S/C18H19Cl2FN2/c19-16-6-5-14(12-17(16)20)18(13-3-1-4-15(21)11-13)23-9-2-7-22-8-10-23/h1,3-6,11-12,18,22H,2,7-10H2. The summed E-state index contributed by atoms with van der Waals surface area (Å²) in [5, 5.41) is 4.46. The number of halogens is 3. The van der Waals surface area contributed by atoms with Gasteiger partial charge in [-0.3, -0.25) is 4.90 Å². The Morgan fingerprint density at radius 2 is 1.78 bits per heavy atom. The van der Waals surface area contributed by atoms with Crippen molar-refractivity contribution in [3.05, 3.63) is 69.5 Å². The zero-order chi connectivity index (χ0) is 16.2. The van der Waals surface area contributed by atoms with E-state index in [1.807, 2.05) is 24.3 Å². The molecule has 1 heterocycles. The van der Waals surface area contributed by atoms with Crippen molar-refractivity contribution in [3.63, 3.8) is 0 Å². The Morgan fingerprint density at radius 3 is 2.57 bits per heavy atom. The average molecular weight is 353 g/mol. The third kappa shape index (κ3) is 4.04. The molecular weight excluding hydrogens is 334 g/mol. The fourth-order valence-corrected chi connectivity index (χ4v) is 3.40. The quantitative estimate of drug-likeness (QED) is 0.873. The highest BCUT2D eigenvalue weighted by Gasteiger charge is 2.24. The van der Waals surface area contributed by atoms with E-state index >= 15 is 0 Å². The number of benzene rings is 2. The van der Waals surface area contributed by atoms with E-state index in [4.69, 9.17) is 23.2 Å². The van der Waals surface area contributed by atoms with E-state index in [1.165, 1.54) is 6.07 Å². The molecule has 0 spiro atoms. The number of nitrogens with one attached hydrogen (secondary N) is 1. The topological polar surface area (TPSA) is 15.3 Å². The predicted octanol–water partition coefficient (Wildman–Crippen LogP) is 4.52. The Morgan fingerprint density at radius 1 is 0.957 bits per heavy atom. The molecule has 2 nitrogen and oxygen atoms in total. The molecule has 0 radical (unpaired) electrons. The van der Waals surface area contributed by atoms with Gasteiger partial charge in [-0.15, -0.1) is 0 Å². The van der Waals surface area contributed by atoms with Crippen molar-refractivity contribution in [2.75, 3.05) is 26.2 Å². The van der Waals surface area contributed by atoms with Crippen molar-refractivity contribution >= 4 is 23.2 Å². The van der Waals surface area contributed by atoms with E-state index in [2.05, 4.69) is 10.2 Å². The first-order valence-electron chi connectivity index (χ1n) is 7.80. The van der Waals surface area contributed by atoms with Crippen LogP contribution in [-0.2, 0) is 0 Å². The van der Waals surface area contributed by atoms with Gasteiger partial charge in [0.2, 0.25) is 0 Å². The highest BCUT2D eigenvalue weighted by molar-refractivity contribution is 6.42. The van der Waals surface area contributed by atoms with Gasteiger partial charge in [0.05, 0.1) is 16.1 Å². The van der Waals surface area contributed by atoms with E-state index in [1.54, 1.807) is 12.1 Å². The Kier molecular flexibility index (Phi) is 5.54. The maximum atomic E-state index is 13.8. The molecule has 1 atom stereocenters. The normalized spacial score (nSPS) is 17.7. The van der Waals surface area contributed by atoms with Crippen LogP contribution in [0.4, 0.5) is 4.39 Å². The van der Waals surface area contributed by atoms with Gasteiger partial charge in [-0.1, -0.05) is 41.4 Å². The van der Waals surface area contributed by atoms with Crippen LogP contribution in [0.3, 0.4) is 0 Å². The molecule has 2 aromatic carbocycles. The number of hydrogen-bond acceptors (Lipinski definition) is 2. The summed E-state index contributed by atoms with van der Waals surface area (Å²) >= 11 is 12.3. The van der Waals surface area contributed by atoms with Crippen LogP contribution in [0.5, 0.6) is 0 Å². The van der Waals surface area contributed by atoms with Gasteiger partial charge in [0.1, 0.15) is 5.82 Å². The first-order valence-corrected chi connectivity index (χ1v) is 8.56. The van der Waals surface area contributed by atoms with Crippen molar-refractivity contribution in [3.8, 4) is 0 Å². The Bertz CT molecular complexity index is 670. The minimum Gasteiger partial charge on any atom is -0.315 e. The lowest BCUT2D eigenvalue weighted by atomic mass is 9.96. The molecule has 3 rings (SSSR count). The van der Waals surface area contributed by atoms with Gasteiger partial charge in [0.25, 0.3) is 0 Å². The Labute approximate surface area is 146 Å². The summed E-state index contributed by atoms with van der Waals surface area (Å²) in [5.74, 6) is -0.222. The first kappa shape index (κ1) is 16.7. The zero-order valence-electron chi connectivity index (χ0n) is 12.7. The fraction of sp³-hybridized carbons (Fsp3) is 0.333. The van der Waals surface area contributed by atoms with Crippen molar-refractivity contribution in [2.24, 2.45) is 0 Å². The number of rotatable bonds is 3. The molecule has 0 aromatic heterocycles. The molecule has 0 amide bonds. The van der Waals surface area contributed by atoms with Crippen LogP contribution >= 0.6 is 23.2 Å². The molecule has 0 bridgehead atoms. The van der Waals surface area contributed by atoms with Crippen LogP contribution in [0.15, 0.2) is 42.5 Å². The summed E-state index contributed by atoms with van der Waals surface area (Å²) in [5.41, 5.74) is 1.97. The molecule has 122 valence electrons. The number of hydrogen-bond donors (Lipinski definition) is 1. The summed E-state index contributed by atoms with van der Waals surface area (Å²) in [4.78, 5) is 2.37. The van der Waals surface area contributed by atoms with Crippen molar-refractivity contribution in [2.45, 2.75) is 12.5 Å². The summed E-state index contributed by atoms with van der Waals surface area (Å²) in [6.45, 7) is 3.79. The second-order valence-corrected chi connectivity index (χ2v) is 6.59.